The van der Waals surface area contributed by atoms with Gasteiger partial charge in [-0.15, -0.1) is 0 Å². The monoisotopic (exact) mass is 242 g/mol. The largest absolute Gasteiger partial charge is 0.397 e. The fraction of sp³-hybridized carbons (Fsp3) is 0. The quantitative estimate of drug-likeness (QED) is 0.725. The fourth-order valence-electron chi connectivity index (χ4n) is 1.51. The summed E-state index contributed by atoms with van der Waals surface area (Å²) < 4.78 is 1.16. The number of para-hydroxylation sites is 1. The standard InChI is InChI=1S/C12H10N4S/c13-8-5-6-11(14-7-8)16-12-15-9-3-1-2-4-10(9)17-12/h1-7H,13H2,(H,14,15,16). The normalized spacial score (nSPS) is 10.6. The first-order valence-electron chi connectivity index (χ1n) is 5.15. The van der Waals surface area contributed by atoms with Crippen molar-refractivity contribution < 1.29 is 0 Å². The Bertz CT molecular complexity index is 612. The Hall–Kier alpha value is -2.14. The average molecular weight is 242 g/mol. The number of hydrogen-bond acceptors (Lipinski definition) is 5. The van der Waals surface area contributed by atoms with E-state index in [1.165, 1.54) is 0 Å². The van der Waals surface area contributed by atoms with Crippen LogP contribution < -0.4 is 11.1 Å². The molecule has 0 aliphatic rings. The van der Waals surface area contributed by atoms with Crippen molar-refractivity contribution in [1.29, 1.82) is 0 Å². The van der Waals surface area contributed by atoms with Gasteiger partial charge in [0.1, 0.15) is 5.82 Å². The van der Waals surface area contributed by atoms with Crippen molar-refractivity contribution >= 4 is 38.2 Å². The molecule has 0 bridgehead atoms. The smallest absolute Gasteiger partial charge is 0.189 e. The lowest BCUT2D eigenvalue weighted by atomic mass is 10.3. The molecule has 4 nitrogen and oxygen atoms in total. The lowest BCUT2D eigenvalue weighted by Gasteiger charge is -2.00. The van der Waals surface area contributed by atoms with Gasteiger partial charge in [0, 0.05) is 0 Å². The summed E-state index contributed by atoms with van der Waals surface area (Å²) in [5, 5.41) is 4.00. The van der Waals surface area contributed by atoms with Crippen molar-refractivity contribution in [1.82, 2.24) is 9.97 Å². The third-order valence-corrected chi connectivity index (χ3v) is 3.27. The maximum absolute atomic E-state index is 5.58. The van der Waals surface area contributed by atoms with E-state index in [1.54, 1.807) is 17.5 Å². The Morgan fingerprint density at radius 2 is 2.00 bits per heavy atom. The van der Waals surface area contributed by atoms with Crippen LogP contribution in [0.4, 0.5) is 16.6 Å². The van der Waals surface area contributed by atoms with Crippen LogP contribution in [0.1, 0.15) is 0 Å². The minimum absolute atomic E-state index is 0.653. The van der Waals surface area contributed by atoms with Gasteiger partial charge in [0.2, 0.25) is 0 Å². The van der Waals surface area contributed by atoms with Gasteiger partial charge >= 0.3 is 0 Å². The SMILES string of the molecule is Nc1ccc(Nc2nc3ccccc3s2)nc1. The second-order valence-electron chi connectivity index (χ2n) is 3.59. The zero-order valence-electron chi connectivity index (χ0n) is 8.92. The number of nitrogen functional groups attached to an aromatic ring is 1. The van der Waals surface area contributed by atoms with E-state index in [2.05, 4.69) is 21.4 Å². The Morgan fingerprint density at radius 3 is 2.76 bits per heavy atom. The zero-order valence-corrected chi connectivity index (χ0v) is 9.74. The third kappa shape index (κ3) is 2.05. The molecule has 0 saturated carbocycles. The molecule has 0 aliphatic carbocycles. The van der Waals surface area contributed by atoms with Crippen molar-refractivity contribution in [2.45, 2.75) is 0 Å². The van der Waals surface area contributed by atoms with Crippen LogP contribution in [0.15, 0.2) is 42.6 Å². The fourth-order valence-corrected chi connectivity index (χ4v) is 2.39. The molecule has 0 spiro atoms. The summed E-state index contributed by atoms with van der Waals surface area (Å²) in [6, 6.07) is 11.7. The number of hydrogen-bond donors (Lipinski definition) is 2. The van der Waals surface area contributed by atoms with Crippen molar-refractivity contribution in [3.63, 3.8) is 0 Å². The zero-order chi connectivity index (χ0) is 11.7. The minimum Gasteiger partial charge on any atom is -0.397 e. The van der Waals surface area contributed by atoms with E-state index >= 15 is 0 Å². The molecule has 0 amide bonds. The number of fused-ring (bicyclic) bond motifs is 1. The number of nitrogens with one attached hydrogen (secondary N) is 1. The molecule has 0 fully saturated rings. The van der Waals surface area contributed by atoms with Crippen LogP contribution in [0.3, 0.4) is 0 Å². The minimum atomic E-state index is 0.653. The van der Waals surface area contributed by atoms with Crippen LogP contribution in [0.5, 0.6) is 0 Å². The first kappa shape index (κ1) is 10.0. The molecule has 17 heavy (non-hydrogen) atoms. The average Bonchev–Trinajstić information content (AvgIpc) is 2.74. The third-order valence-electron chi connectivity index (χ3n) is 2.32. The van der Waals surface area contributed by atoms with Crippen LogP contribution >= 0.6 is 11.3 Å². The lowest BCUT2D eigenvalue weighted by Crippen LogP contribution is -1.93. The van der Waals surface area contributed by atoms with Gasteiger partial charge in [0.15, 0.2) is 5.13 Å². The molecule has 0 radical (unpaired) electrons. The summed E-state index contributed by atoms with van der Waals surface area (Å²) in [6.45, 7) is 0. The second kappa shape index (κ2) is 4.03. The van der Waals surface area contributed by atoms with Gasteiger partial charge < -0.3 is 11.1 Å². The van der Waals surface area contributed by atoms with Crippen LogP contribution in [0.2, 0.25) is 0 Å². The number of rotatable bonds is 2. The van der Waals surface area contributed by atoms with Gasteiger partial charge in [-0.2, -0.15) is 0 Å². The Labute approximate surface area is 102 Å². The van der Waals surface area contributed by atoms with Gasteiger partial charge in [-0.3, -0.25) is 0 Å². The highest BCUT2D eigenvalue weighted by Gasteiger charge is 2.03. The topological polar surface area (TPSA) is 63.8 Å². The summed E-state index contributed by atoms with van der Waals surface area (Å²) in [5.74, 6) is 0.748. The van der Waals surface area contributed by atoms with Crippen molar-refractivity contribution in [2.75, 3.05) is 11.1 Å². The number of benzene rings is 1. The van der Waals surface area contributed by atoms with E-state index < -0.39 is 0 Å². The molecule has 2 aromatic heterocycles. The number of nitrogens with two attached hydrogens (primary N) is 1. The van der Waals surface area contributed by atoms with Gasteiger partial charge in [-0.25, -0.2) is 9.97 Å². The van der Waals surface area contributed by atoms with Gasteiger partial charge in [-0.1, -0.05) is 23.5 Å². The number of nitrogens with zero attached hydrogens (tertiary/aromatic N) is 2. The van der Waals surface area contributed by atoms with E-state index in [0.717, 1.165) is 21.2 Å². The number of aromatic nitrogens is 2. The molecule has 0 saturated heterocycles. The first-order chi connectivity index (χ1) is 8.31. The predicted octanol–water partition coefficient (Wildman–Crippen LogP) is 3.02. The lowest BCUT2D eigenvalue weighted by molar-refractivity contribution is 1.30. The molecule has 0 atom stereocenters. The van der Waals surface area contributed by atoms with Crippen molar-refractivity contribution in [3.8, 4) is 0 Å². The van der Waals surface area contributed by atoms with E-state index in [4.69, 9.17) is 5.73 Å². The highest BCUT2D eigenvalue weighted by Crippen LogP contribution is 2.27. The van der Waals surface area contributed by atoms with E-state index in [-0.39, 0.29) is 0 Å². The number of thiazole rings is 1. The molecule has 84 valence electrons. The van der Waals surface area contributed by atoms with Crippen LogP contribution in [-0.4, -0.2) is 9.97 Å². The molecule has 3 rings (SSSR count). The van der Waals surface area contributed by atoms with Crippen molar-refractivity contribution in [3.05, 3.63) is 42.6 Å². The summed E-state index contributed by atoms with van der Waals surface area (Å²) in [5.41, 5.74) is 7.23. The molecule has 3 N–H and O–H groups in total. The predicted molar refractivity (Wildman–Crippen MR) is 71.6 cm³/mol. The summed E-state index contributed by atoms with van der Waals surface area (Å²) in [4.78, 5) is 8.64. The van der Waals surface area contributed by atoms with Crippen LogP contribution in [0.25, 0.3) is 10.2 Å². The maximum atomic E-state index is 5.58. The first-order valence-corrected chi connectivity index (χ1v) is 5.97. The van der Waals surface area contributed by atoms with Gasteiger partial charge in [-0.05, 0) is 24.3 Å². The Morgan fingerprint density at radius 1 is 1.12 bits per heavy atom. The molecular formula is C12H10N4S. The van der Waals surface area contributed by atoms with Gasteiger partial charge in [0.05, 0.1) is 22.1 Å². The molecule has 3 aromatic rings. The van der Waals surface area contributed by atoms with Gasteiger partial charge in [0.25, 0.3) is 0 Å². The molecule has 5 heteroatoms. The summed E-state index contributed by atoms with van der Waals surface area (Å²) >= 11 is 1.60. The molecule has 0 aliphatic heterocycles. The number of anilines is 3. The molecule has 0 unspecified atom stereocenters. The Balaban J connectivity index is 1.92. The summed E-state index contributed by atoms with van der Waals surface area (Å²) in [6.07, 6.45) is 1.62. The highest BCUT2D eigenvalue weighted by atomic mass is 32.1. The highest BCUT2D eigenvalue weighted by molar-refractivity contribution is 7.22. The van der Waals surface area contributed by atoms with E-state index in [0.29, 0.717) is 5.69 Å². The molecule has 1 aromatic carbocycles. The molecule has 2 heterocycles. The Kier molecular flexibility index (Phi) is 2.38. The molecular weight excluding hydrogens is 232 g/mol. The maximum Gasteiger partial charge on any atom is 0.189 e. The van der Waals surface area contributed by atoms with Crippen molar-refractivity contribution in [2.24, 2.45) is 0 Å². The van der Waals surface area contributed by atoms with E-state index in [9.17, 15) is 0 Å². The van der Waals surface area contributed by atoms with Crippen LogP contribution in [0, 0.1) is 0 Å². The summed E-state index contributed by atoms with van der Waals surface area (Å²) in [7, 11) is 0. The van der Waals surface area contributed by atoms with E-state index in [1.807, 2.05) is 30.3 Å². The van der Waals surface area contributed by atoms with Crippen LogP contribution in [-0.2, 0) is 0 Å². The number of pyridine rings is 1. The second-order valence-corrected chi connectivity index (χ2v) is 4.62.